The molecular weight excluding hydrogens is 262 g/mol. The molecule has 6 heteroatoms. The zero-order valence-corrected chi connectivity index (χ0v) is 11.0. The molecular formula is C13H11N3O2S. The number of hydrogen-bond donors (Lipinski definition) is 2. The van der Waals surface area contributed by atoms with Crippen molar-refractivity contribution in [2.24, 2.45) is 0 Å². The van der Waals surface area contributed by atoms with Crippen LogP contribution in [0.4, 0.5) is 5.13 Å². The van der Waals surface area contributed by atoms with E-state index in [1.165, 1.54) is 23.7 Å². The first-order valence-corrected chi connectivity index (χ1v) is 6.29. The lowest BCUT2D eigenvalue weighted by Gasteiger charge is -2.01. The number of aliphatic hydroxyl groups is 1. The zero-order chi connectivity index (χ0) is 13.7. The lowest BCUT2D eigenvalue weighted by molar-refractivity contribution is 0.102. The van der Waals surface area contributed by atoms with Crippen LogP contribution < -0.4 is 5.32 Å². The van der Waals surface area contributed by atoms with Gasteiger partial charge in [-0.3, -0.25) is 15.1 Å². The average Bonchev–Trinajstić information content (AvgIpc) is 2.82. The van der Waals surface area contributed by atoms with Crippen LogP contribution in [0.1, 0.15) is 20.8 Å². The molecule has 0 saturated carbocycles. The summed E-state index contributed by atoms with van der Waals surface area (Å²) in [7, 11) is 0. The van der Waals surface area contributed by atoms with Crippen molar-refractivity contribution in [3.63, 3.8) is 0 Å². The van der Waals surface area contributed by atoms with Gasteiger partial charge in [0.1, 0.15) is 6.61 Å². The summed E-state index contributed by atoms with van der Waals surface area (Å²) in [5.41, 5.74) is 0.981. The molecule has 0 radical (unpaired) electrons. The van der Waals surface area contributed by atoms with Crippen LogP contribution in [0.5, 0.6) is 0 Å². The molecule has 0 aliphatic rings. The minimum Gasteiger partial charge on any atom is -0.384 e. The van der Waals surface area contributed by atoms with Gasteiger partial charge in [-0.15, -0.1) is 11.3 Å². The first kappa shape index (κ1) is 13.2. The van der Waals surface area contributed by atoms with Gasteiger partial charge in [0.15, 0.2) is 5.13 Å². The Labute approximate surface area is 114 Å². The molecule has 19 heavy (non-hydrogen) atoms. The topological polar surface area (TPSA) is 75.1 Å². The summed E-state index contributed by atoms with van der Waals surface area (Å²) in [6.45, 7) is 1.69. The smallest absolute Gasteiger partial charge is 0.259 e. The monoisotopic (exact) mass is 273 g/mol. The van der Waals surface area contributed by atoms with Gasteiger partial charge in [0.2, 0.25) is 0 Å². The van der Waals surface area contributed by atoms with Crippen LogP contribution in [0.3, 0.4) is 0 Å². The number of carbonyl (C=O) groups excluding carboxylic acids is 1. The first-order valence-electron chi connectivity index (χ1n) is 5.47. The quantitative estimate of drug-likeness (QED) is 0.812. The van der Waals surface area contributed by atoms with Crippen molar-refractivity contribution in [3.05, 3.63) is 40.7 Å². The average molecular weight is 273 g/mol. The van der Waals surface area contributed by atoms with Gasteiger partial charge in [-0.25, -0.2) is 4.98 Å². The summed E-state index contributed by atoms with van der Waals surface area (Å²) in [6.07, 6.45) is 4.69. The highest BCUT2D eigenvalue weighted by Gasteiger charge is 2.09. The second-order valence-electron chi connectivity index (χ2n) is 3.65. The third kappa shape index (κ3) is 3.61. The van der Waals surface area contributed by atoms with E-state index >= 15 is 0 Å². The number of pyridine rings is 1. The van der Waals surface area contributed by atoms with Crippen LogP contribution in [-0.2, 0) is 0 Å². The number of aromatic nitrogens is 2. The van der Waals surface area contributed by atoms with E-state index < -0.39 is 0 Å². The van der Waals surface area contributed by atoms with Crippen molar-refractivity contribution in [1.82, 2.24) is 9.97 Å². The van der Waals surface area contributed by atoms with E-state index in [9.17, 15) is 4.79 Å². The van der Waals surface area contributed by atoms with E-state index in [1.54, 1.807) is 12.3 Å². The van der Waals surface area contributed by atoms with Gasteiger partial charge in [0, 0.05) is 29.0 Å². The third-order valence-electron chi connectivity index (χ3n) is 2.15. The number of hydrogen-bond acceptors (Lipinski definition) is 5. The molecule has 0 fully saturated rings. The van der Waals surface area contributed by atoms with E-state index in [0.29, 0.717) is 16.3 Å². The zero-order valence-electron chi connectivity index (χ0n) is 10.2. The number of carbonyl (C=O) groups is 1. The normalized spacial score (nSPS) is 9.58. The molecule has 2 N–H and O–H groups in total. The Morgan fingerprint density at radius 1 is 1.47 bits per heavy atom. The lowest BCUT2D eigenvalue weighted by atomic mass is 10.2. The van der Waals surface area contributed by atoms with E-state index in [4.69, 9.17) is 5.11 Å². The Morgan fingerprint density at radius 3 is 3.00 bits per heavy atom. The Bertz CT molecular complexity index is 655. The molecule has 2 rings (SSSR count). The lowest BCUT2D eigenvalue weighted by Crippen LogP contribution is -2.12. The van der Waals surface area contributed by atoms with Crippen LogP contribution in [0.15, 0.2) is 24.7 Å². The molecule has 0 unspecified atom stereocenters. The van der Waals surface area contributed by atoms with Gasteiger partial charge in [-0.1, -0.05) is 11.8 Å². The van der Waals surface area contributed by atoms with Crippen LogP contribution in [0.25, 0.3) is 0 Å². The van der Waals surface area contributed by atoms with Crippen molar-refractivity contribution in [2.75, 3.05) is 11.9 Å². The highest BCUT2D eigenvalue weighted by atomic mass is 32.1. The van der Waals surface area contributed by atoms with Crippen LogP contribution in [-0.4, -0.2) is 27.6 Å². The first-order chi connectivity index (χ1) is 9.19. The molecule has 0 atom stereocenters. The molecule has 96 valence electrons. The number of anilines is 1. The molecule has 0 aromatic carbocycles. The number of rotatable bonds is 2. The van der Waals surface area contributed by atoms with Crippen molar-refractivity contribution >= 4 is 22.4 Å². The summed E-state index contributed by atoms with van der Waals surface area (Å²) >= 11 is 1.40. The standard InChI is InChI=1S/C13H11N3O2S/c1-9-6-15-13(19-9)16-12(18)11-5-10(3-2-4-17)7-14-8-11/h5-8,17H,4H2,1H3,(H,15,16,18). The molecule has 0 bridgehead atoms. The Hall–Kier alpha value is -2.23. The number of thiazole rings is 1. The molecule has 2 heterocycles. The Kier molecular flexibility index (Phi) is 4.23. The predicted octanol–water partition coefficient (Wildman–Crippen LogP) is 1.44. The van der Waals surface area contributed by atoms with Gasteiger partial charge in [0.05, 0.1) is 5.56 Å². The number of nitrogens with one attached hydrogen (secondary N) is 1. The summed E-state index contributed by atoms with van der Waals surface area (Å²) in [6, 6.07) is 1.62. The van der Waals surface area contributed by atoms with Crippen LogP contribution in [0, 0.1) is 18.8 Å². The number of amides is 1. The fourth-order valence-electron chi connectivity index (χ4n) is 1.36. The highest BCUT2D eigenvalue weighted by molar-refractivity contribution is 7.15. The van der Waals surface area contributed by atoms with E-state index in [0.717, 1.165) is 4.88 Å². The largest absolute Gasteiger partial charge is 0.384 e. The van der Waals surface area contributed by atoms with Crippen molar-refractivity contribution in [3.8, 4) is 11.8 Å². The third-order valence-corrected chi connectivity index (χ3v) is 2.98. The molecule has 0 spiro atoms. The minimum atomic E-state index is -0.283. The Balaban J connectivity index is 2.15. The van der Waals surface area contributed by atoms with Crippen molar-refractivity contribution in [1.29, 1.82) is 0 Å². The van der Waals surface area contributed by atoms with Gasteiger partial charge in [-0.05, 0) is 13.0 Å². The van der Waals surface area contributed by atoms with Crippen molar-refractivity contribution in [2.45, 2.75) is 6.92 Å². The summed E-state index contributed by atoms with van der Waals surface area (Å²) in [5, 5.41) is 11.9. The molecule has 0 aliphatic carbocycles. The molecule has 2 aromatic heterocycles. The second kappa shape index (κ2) is 6.09. The fraction of sp³-hybridized carbons (Fsp3) is 0.154. The maximum absolute atomic E-state index is 12.0. The molecule has 1 amide bonds. The molecule has 0 saturated heterocycles. The van der Waals surface area contributed by atoms with Crippen molar-refractivity contribution < 1.29 is 9.90 Å². The molecule has 0 aliphatic heterocycles. The number of aryl methyl sites for hydroxylation is 1. The van der Waals surface area contributed by atoms with Gasteiger partial charge in [0.25, 0.3) is 5.91 Å². The summed E-state index contributed by atoms with van der Waals surface area (Å²) in [5.74, 6) is 4.93. The SMILES string of the molecule is Cc1cnc(NC(=O)c2cncc(C#CCO)c2)s1. The van der Waals surface area contributed by atoms with E-state index in [1.807, 2.05) is 6.92 Å². The number of nitrogens with zero attached hydrogens (tertiary/aromatic N) is 2. The summed E-state index contributed by atoms with van der Waals surface area (Å²) < 4.78 is 0. The van der Waals surface area contributed by atoms with Crippen LogP contribution >= 0.6 is 11.3 Å². The number of aliphatic hydroxyl groups excluding tert-OH is 1. The van der Waals surface area contributed by atoms with Gasteiger partial charge in [-0.2, -0.15) is 0 Å². The Morgan fingerprint density at radius 2 is 2.32 bits per heavy atom. The predicted molar refractivity (Wildman–Crippen MR) is 73.0 cm³/mol. The summed E-state index contributed by atoms with van der Waals surface area (Å²) in [4.78, 5) is 21.0. The maximum atomic E-state index is 12.0. The second-order valence-corrected chi connectivity index (χ2v) is 4.89. The molecule has 5 nitrogen and oxygen atoms in total. The maximum Gasteiger partial charge on any atom is 0.259 e. The van der Waals surface area contributed by atoms with Gasteiger partial charge < -0.3 is 5.11 Å². The van der Waals surface area contributed by atoms with E-state index in [2.05, 4.69) is 27.1 Å². The fourth-order valence-corrected chi connectivity index (χ4v) is 2.02. The van der Waals surface area contributed by atoms with Crippen LogP contribution in [0.2, 0.25) is 0 Å². The minimum absolute atomic E-state index is 0.227. The molecule has 2 aromatic rings. The highest BCUT2D eigenvalue weighted by Crippen LogP contribution is 2.17. The van der Waals surface area contributed by atoms with E-state index in [-0.39, 0.29) is 12.5 Å². The van der Waals surface area contributed by atoms with Gasteiger partial charge >= 0.3 is 0 Å².